The van der Waals surface area contributed by atoms with E-state index in [0.29, 0.717) is 6.04 Å². The Hall–Kier alpha value is -0.120. The van der Waals surface area contributed by atoms with Crippen LogP contribution in [0.4, 0.5) is 0 Å². The predicted octanol–water partition coefficient (Wildman–Crippen LogP) is 2.43. The average molecular weight is 269 g/mol. The van der Waals surface area contributed by atoms with Crippen LogP contribution in [0.1, 0.15) is 46.5 Å². The number of likely N-dealkylation sites (tertiary alicyclic amines) is 1. The van der Waals surface area contributed by atoms with Gasteiger partial charge in [0, 0.05) is 18.6 Å². The summed E-state index contributed by atoms with van der Waals surface area (Å²) in [6.45, 7) is 12.0. The van der Waals surface area contributed by atoms with Crippen LogP contribution in [0.5, 0.6) is 0 Å². The Morgan fingerprint density at radius 2 is 1.84 bits per heavy atom. The molecule has 2 unspecified atom stereocenters. The second kappa shape index (κ2) is 8.93. The zero-order chi connectivity index (χ0) is 14.3. The van der Waals surface area contributed by atoms with Crippen molar-refractivity contribution < 1.29 is 0 Å². The molecule has 1 saturated heterocycles. The van der Waals surface area contributed by atoms with Crippen LogP contribution in [-0.4, -0.2) is 62.2 Å². The van der Waals surface area contributed by atoms with E-state index < -0.39 is 0 Å². The normalized spacial score (nSPS) is 21.8. The summed E-state index contributed by atoms with van der Waals surface area (Å²) < 4.78 is 0. The number of nitrogens with one attached hydrogen (secondary N) is 1. The standard InChI is InChI=1S/C16H35N3/c1-6-9-17-14(2)12-15(3)19-10-7-16(8-11-19)13-18(4)5/h14-17H,6-13H2,1-5H3. The molecule has 0 aliphatic carbocycles. The molecule has 1 N–H and O–H groups in total. The van der Waals surface area contributed by atoms with Crippen LogP contribution in [0.15, 0.2) is 0 Å². The van der Waals surface area contributed by atoms with E-state index in [1.54, 1.807) is 0 Å². The van der Waals surface area contributed by atoms with E-state index in [-0.39, 0.29) is 0 Å². The Kier molecular flexibility index (Phi) is 7.96. The highest BCUT2D eigenvalue weighted by Gasteiger charge is 2.23. The topological polar surface area (TPSA) is 18.5 Å². The second-order valence-corrected chi connectivity index (χ2v) is 6.68. The van der Waals surface area contributed by atoms with Crippen molar-refractivity contribution >= 4 is 0 Å². The highest BCUT2D eigenvalue weighted by atomic mass is 15.2. The molecule has 0 aromatic carbocycles. The first kappa shape index (κ1) is 16.9. The molecule has 0 spiro atoms. The number of hydrogen-bond donors (Lipinski definition) is 1. The first-order valence-corrected chi connectivity index (χ1v) is 8.15. The Labute approximate surface area is 120 Å². The van der Waals surface area contributed by atoms with Crippen LogP contribution < -0.4 is 5.32 Å². The molecule has 0 amide bonds. The van der Waals surface area contributed by atoms with Crippen molar-refractivity contribution in [2.24, 2.45) is 5.92 Å². The summed E-state index contributed by atoms with van der Waals surface area (Å²) in [7, 11) is 4.38. The molecule has 19 heavy (non-hydrogen) atoms. The van der Waals surface area contributed by atoms with Crippen molar-refractivity contribution in [3.63, 3.8) is 0 Å². The molecule has 1 fully saturated rings. The highest BCUT2D eigenvalue weighted by molar-refractivity contribution is 4.79. The molecule has 1 rings (SSSR count). The highest BCUT2D eigenvalue weighted by Crippen LogP contribution is 2.20. The maximum Gasteiger partial charge on any atom is 0.00816 e. The zero-order valence-corrected chi connectivity index (χ0v) is 13.8. The number of nitrogens with zero attached hydrogens (tertiary/aromatic N) is 2. The van der Waals surface area contributed by atoms with Crippen molar-refractivity contribution in [3.8, 4) is 0 Å². The number of rotatable bonds is 8. The monoisotopic (exact) mass is 269 g/mol. The Morgan fingerprint density at radius 1 is 1.21 bits per heavy atom. The summed E-state index contributed by atoms with van der Waals surface area (Å²) in [5.74, 6) is 0.911. The van der Waals surface area contributed by atoms with Gasteiger partial charge in [0.15, 0.2) is 0 Å². The fraction of sp³-hybridized carbons (Fsp3) is 1.00. The molecule has 0 radical (unpaired) electrons. The number of piperidine rings is 1. The summed E-state index contributed by atoms with van der Waals surface area (Å²) in [5.41, 5.74) is 0. The van der Waals surface area contributed by atoms with E-state index in [1.165, 1.54) is 45.3 Å². The van der Waals surface area contributed by atoms with Crippen molar-refractivity contribution in [2.45, 2.75) is 58.5 Å². The van der Waals surface area contributed by atoms with Crippen LogP contribution in [0.25, 0.3) is 0 Å². The van der Waals surface area contributed by atoms with E-state index in [2.05, 4.69) is 50.0 Å². The molecule has 1 heterocycles. The van der Waals surface area contributed by atoms with E-state index in [1.807, 2.05) is 0 Å². The van der Waals surface area contributed by atoms with Crippen molar-refractivity contribution in [1.82, 2.24) is 15.1 Å². The minimum absolute atomic E-state index is 0.648. The summed E-state index contributed by atoms with van der Waals surface area (Å²) in [6.07, 6.45) is 5.26. The van der Waals surface area contributed by atoms with Crippen molar-refractivity contribution in [2.75, 3.05) is 40.3 Å². The maximum atomic E-state index is 3.60. The van der Waals surface area contributed by atoms with Crippen LogP contribution >= 0.6 is 0 Å². The van der Waals surface area contributed by atoms with E-state index >= 15 is 0 Å². The van der Waals surface area contributed by atoms with Gasteiger partial charge in [-0.3, -0.25) is 0 Å². The smallest absolute Gasteiger partial charge is 0.00816 e. The molecular weight excluding hydrogens is 234 g/mol. The lowest BCUT2D eigenvalue weighted by molar-refractivity contribution is 0.117. The van der Waals surface area contributed by atoms with Crippen LogP contribution in [0.2, 0.25) is 0 Å². The zero-order valence-electron chi connectivity index (χ0n) is 13.8. The SMILES string of the molecule is CCCNC(C)CC(C)N1CCC(CN(C)C)CC1. The maximum absolute atomic E-state index is 3.60. The molecule has 1 aliphatic heterocycles. The quantitative estimate of drug-likeness (QED) is 0.730. The molecule has 0 bridgehead atoms. The fourth-order valence-corrected chi connectivity index (χ4v) is 3.23. The first-order chi connectivity index (χ1) is 9.02. The predicted molar refractivity (Wildman–Crippen MR) is 84.7 cm³/mol. The summed E-state index contributed by atoms with van der Waals surface area (Å²) in [4.78, 5) is 5.02. The Balaban J connectivity index is 2.22. The van der Waals surface area contributed by atoms with Crippen molar-refractivity contribution in [3.05, 3.63) is 0 Å². The Morgan fingerprint density at radius 3 is 2.37 bits per heavy atom. The lowest BCUT2D eigenvalue weighted by Crippen LogP contribution is -2.44. The molecule has 3 nitrogen and oxygen atoms in total. The largest absolute Gasteiger partial charge is 0.314 e. The van der Waals surface area contributed by atoms with Gasteiger partial charge in [0.2, 0.25) is 0 Å². The molecule has 114 valence electrons. The molecule has 2 atom stereocenters. The number of hydrogen-bond acceptors (Lipinski definition) is 3. The average Bonchev–Trinajstić information content (AvgIpc) is 2.36. The lowest BCUT2D eigenvalue weighted by atomic mass is 9.94. The van der Waals surface area contributed by atoms with Crippen molar-refractivity contribution in [1.29, 1.82) is 0 Å². The molecule has 0 aromatic heterocycles. The minimum Gasteiger partial charge on any atom is -0.314 e. The van der Waals surface area contributed by atoms with Gasteiger partial charge in [0.25, 0.3) is 0 Å². The molecule has 3 heteroatoms. The summed E-state index contributed by atoms with van der Waals surface area (Å²) in [5, 5.41) is 3.60. The molecular formula is C16H35N3. The van der Waals surface area contributed by atoms with Gasteiger partial charge in [0.05, 0.1) is 0 Å². The van der Waals surface area contributed by atoms with Gasteiger partial charge < -0.3 is 15.1 Å². The minimum atomic E-state index is 0.648. The third-order valence-electron chi connectivity index (χ3n) is 4.33. The summed E-state index contributed by atoms with van der Waals surface area (Å²) in [6, 6.07) is 1.37. The first-order valence-electron chi connectivity index (χ1n) is 8.15. The Bertz CT molecular complexity index is 222. The van der Waals surface area contributed by atoms with E-state index in [0.717, 1.165) is 18.5 Å². The van der Waals surface area contributed by atoms with Gasteiger partial charge in [-0.05, 0) is 79.2 Å². The van der Waals surface area contributed by atoms with Crippen LogP contribution in [0.3, 0.4) is 0 Å². The van der Waals surface area contributed by atoms with Gasteiger partial charge in [-0.25, -0.2) is 0 Å². The third-order valence-corrected chi connectivity index (χ3v) is 4.33. The summed E-state index contributed by atoms with van der Waals surface area (Å²) >= 11 is 0. The van der Waals surface area contributed by atoms with E-state index in [9.17, 15) is 0 Å². The fourth-order valence-electron chi connectivity index (χ4n) is 3.23. The second-order valence-electron chi connectivity index (χ2n) is 6.68. The molecule has 0 saturated carbocycles. The van der Waals surface area contributed by atoms with Gasteiger partial charge in [-0.1, -0.05) is 6.92 Å². The third kappa shape index (κ3) is 6.73. The van der Waals surface area contributed by atoms with Gasteiger partial charge in [0.1, 0.15) is 0 Å². The van der Waals surface area contributed by atoms with E-state index in [4.69, 9.17) is 0 Å². The lowest BCUT2D eigenvalue weighted by Gasteiger charge is -2.37. The van der Waals surface area contributed by atoms with Gasteiger partial charge >= 0.3 is 0 Å². The molecule has 0 aromatic rings. The molecule has 1 aliphatic rings. The van der Waals surface area contributed by atoms with Gasteiger partial charge in [-0.15, -0.1) is 0 Å². The van der Waals surface area contributed by atoms with Crippen LogP contribution in [-0.2, 0) is 0 Å². The van der Waals surface area contributed by atoms with Crippen LogP contribution in [0, 0.1) is 5.92 Å². The van der Waals surface area contributed by atoms with Gasteiger partial charge in [-0.2, -0.15) is 0 Å².